The summed E-state index contributed by atoms with van der Waals surface area (Å²) in [7, 11) is 0. The maximum Gasteiger partial charge on any atom is 0.201 e. The summed E-state index contributed by atoms with van der Waals surface area (Å²) < 4.78 is 33.1. The average Bonchev–Trinajstić information content (AvgIpc) is 2.78. The van der Waals surface area contributed by atoms with Crippen LogP contribution in [0.3, 0.4) is 0 Å². The minimum absolute atomic E-state index is 0.0215. The highest BCUT2D eigenvalue weighted by atomic mass is 79.9. The number of furan rings is 1. The van der Waals surface area contributed by atoms with Gasteiger partial charge in [0.1, 0.15) is 5.76 Å². The van der Waals surface area contributed by atoms with E-state index in [0.29, 0.717) is 15.6 Å². The van der Waals surface area contributed by atoms with E-state index < -0.39 is 11.6 Å². The van der Waals surface area contributed by atoms with Gasteiger partial charge in [0.15, 0.2) is 11.4 Å². The van der Waals surface area contributed by atoms with Crippen LogP contribution in [-0.4, -0.2) is 6.54 Å². The van der Waals surface area contributed by atoms with Crippen molar-refractivity contribution in [2.45, 2.75) is 26.8 Å². The molecule has 0 radical (unpaired) electrons. The molecule has 1 atom stereocenters. The number of nitrogens with one attached hydrogen (secondary N) is 1. The summed E-state index contributed by atoms with van der Waals surface area (Å²) >= 11 is 3.23. The van der Waals surface area contributed by atoms with Crippen molar-refractivity contribution in [3.05, 3.63) is 34.0 Å². The fourth-order valence-corrected chi connectivity index (χ4v) is 2.64. The van der Waals surface area contributed by atoms with Crippen LogP contribution in [0.1, 0.15) is 32.6 Å². The third kappa shape index (κ3) is 2.67. The van der Waals surface area contributed by atoms with Crippen LogP contribution in [-0.2, 0) is 0 Å². The second-order valence-corrected chi connectivity index (χ2v) is 5.68. The van der Waals surface area contributed by atoms with Gasteiger partial charge in [-0.2, -0.15) is 4.39 Å². The first-order chi connectivity index (χ1) is 8.95. The van der Waals surface area contributed by atoms with Crippen molar-refractivity contribution in [2.75, 3.05) is 6.54 Å². The summed E-state index contributed by atoms with van der Waals surface area (Å²) in [5.74, 6) is -0.947. The highest BCUT2D eigenvalue weighted by molar-refractivity contribution is 9.10. The fourth-order valence-electron chi connectivity index (χ4n) is 2.15. The van der Waals surface area contributed by atoms with Crippen molar-refractivity contribution in [3.63, 3.8) is 0 Å². The maximum absolute atomic E-state index is 13.7. The van der Waals surface area contributed by atoms with E-state index in [9.17, 15) is 8.78 Å². The van der Waals surface area contributed by atoms with E-state index in [4.69, 9.17) is 4.42 Å². The number of fused-ring (bicyclic) bond motifs is 1. The summed E-state index contributed by atoms with van der Waals surface area (Å²) in [6.45, 7) is 6.87. The SMILES string of the molecule is CCNC(c1cc2c(Br)cc(F)c(F)c2o1)C(C)C. The van der Waals surface area contributed by atoms with Gasteiger partial charge in [-0.05, 0) is 40.5 Å². The van der Waals surface area contributed by atoms with Gasteiger partial charge in [0.25, 0.3) is 0 Å². The van der Waals surface area contributed by atoms with E-state index in [0.717, 1.165) is 12.6 Å². The molecule has 1 heterocycles. The Morgan fingerprint density at radius 3 is 2.58 bits per heavy atom. The van der Waals surface area contributed by atoms with Gasteiger partial charge in [-0.25, -0.2) is 4.39 Å². The lowest BCUT2D eigenvalue weighted by Gasteiger charge is -2.18. The molecular weight excluding hydrogens is 316 g/mol. The molecule has 2 rings (SSSR count). The van der Waals surface area contributed by atoms with Crippen LogP contribution in [0.4, 0.5) is 8.78 Å². The van der Waals surface area contributed by atoms with Crippen molar-refractivity contribution in [2.24, 2.45) is 5.92 Å². The number of hydrogen-bond acceptors (Lipinski definition) is 2. The van der Waals surface area contributed by atoms with E-state index in [1.54, 1.807) is 6.07 Å². The van der Waals surface area contributed by atoms with Crippen molar-refractivity contribution in [1.82, 2.24) is 5.32 Å². The van der Waals surface area contributed by atoms with Gasteiger partial charge in [0.2, 0.25) is 5.82 Å². The van der Waals surface area contributed by atoms with Gasteiger partial charge in [-0.1, -0.05) is 20.8 Å². The van der Waals surface area contributed by atoms with Crippen molar-refractivity contribution in [1.29, 1.82) is 0 Å². The monoisotopic (exact) mass is 331 g/mol. The molecule has 1 N–H and O–H groups in total. The zero-order valence-electron chi connectivity index (χ0n) is 11.1. The van der Waals surface area contributed by atoms with Crippen molar-refractivity contribution < 1.29 is 13.2 Å². The molecule has 2 aromatic rings. The zero-order chi connectivity index (χ0) is 14.2. The van der Waals surface area contributed by atoms with Crippen LogP contribution in [0.25, 0.3) is 11.0 Å². The molecule has 5 heteroatoms. The summed E-state index contributed by atoms with van der Waals surface area (Å²) in [5.41, 5.74) is -0.0366. The van der Waals surface area contributed by atoms with E-state index in [1.165, 1.54) is 0 Å². The van der Waals surface area contributed by atoms with Gasteiger partial charge >= 0.3 is 0 Å². The maximum atomic E-state index is 13.7. The highest BCUT2D eigenvalue weighted by Gasteiger charge is 2.22. The van der Waals surface area contributed by atoms with E-state index in [1.807, 2.05) is 20.8 Å². The second-order valence-electron chi connectivity index (χ2n) is 4.83. The summed E-state index contributed by atoms with van der Waals surface area (Å²) in [6, 6.07) is 2.86. The Morgan fingerprint density at radius 1 is 1.32 bits per heavy atom. The molecule has 0 spiro atoms. The Bertz CT molecular complexity index is 595. The Morgan fingerprint density at radius 2 is 2.00 bits per heavy atom. The number of hydrogen-bond donors (Lipinski definition) is 1. The quantitative estimate of drug-likeness (QED) is 0.815. The highest BCUT2D eigenvalue weighted by Crippen LogP contribution is 2.34. The normalized spacial score (nSPS) is 13.4. The predicted molar refractivity (Wildman–Crippen MR) is 75.1 cm³/mol. The molecule has 0 aliphatic carbocycles. The van der Waals surface area contributed by atoms with Crippen LogP contribution in [0.2, 0.25) is 0 Å². The fraction of sp³-hybridized carbons (Fsp3) is 0.429. The van der Waals surface area contributed by atoms with Crippen LogP contribution >= 0.6 is 15.9 Å². The zero-order valence-corrected chi connectivity index (χ0v) is 12.6. The molecule has 0 amide bonds. The van der Waals surface area contributed by atoms with Gasteiger partial charge < -0.3 is 9.73 Å². The molecule has 1 aromatic carbocycles. The molecule has 1 aromatic heterocycles. The standard InChI is InChI=1S/C14H16BrF2NO/c1-4-18-13(7(2)3)11-5-8-9(15)6-10(16)12(17)14(8)19-11/h5-7,13,18H,4H2,1-3H3. The smallest absolute Gasteiger partial charge is 0.201 e. The van der Waals surface area contributed by atoms with Gasteiger partial charge in [-0.15, -0.1) is 0 Å². The Balaban J connectivity index is 2.57. The average molecular weight is 332 g/mol. The van der Waals surface area contributed by atoms with Crippen LogP contribution in [0.5, 0.6) is 0 Å². The molecular formula is C14H16BrF2NO. The number of halogens is 3. The lowest BCUT2D eigenvalue weighted by molar-refractivity contribution is 0.353. The molecule has 0 saturated heterocycles. The van der Waals surface area contributed by atoms with Gasteiger partial charge in [0, 0.05) is 9.86 Å². The molecule has 0 bridgehead atoms. The number of benzene rings is 1. The number of rotatable bonds is 4. The van der Waals surface area contributed by atoms with Crippen LogP contribution in [0, 0.1) is 17.6 Å². The summed E-state index contributed by atoms with van der Waals surface area (Å²) in [5, 5.41) is 3.84. The Kier molecular flexibility index (Phi) is 4.26. The second kappa shape index (κ2) is 5.59. The molecule has 2 nitrogen and oxygen atoms in total. The molecule has 0 saturated carbocycles. The van der Waals surface area contributed by atoms with E-state index >= 15 is 0 Å². The minimum Gasteiger partial charge on any atom is -0.456 e. The summed E-state index contributed by atoms with van der Waals surface area (Å²) in [4.78, 5) is 0. The lowest BCUT2D eigenvalue weighted by Crippen LogP contribution is -2.24. The van der Waals surface area contributed by atoms with Crippen LogP contribution in [0.15, 0.2) is 21.0 Å². The molecule has 0 fully saturated rings. The van der Waals surface area contributed by atoms with Crippen molar-refractivity contribution in [3.8, 4) is 0 Å². The summed E-state index contributed by atoms with van der Waals surface area (Å²) in [6.07, 6.45) is 0. The van der Waals surface area contributed by atoms with E-state index in [-0.39, 0.29) is 17.5 Å². The third-order valence-electron chi connectivity index (χ3n) is 3.07. The predicted octanol–water partition coefficient (Wildman–Crippen LogP) is 4.78. The third-order valence-corrected chi connectivity index (χ3v) is 3.72. The molecule has 0 aliphatic heterocycles. The molecule has 0 aliphatic rings. The Hall–Kier alpha value is -0.940. The van der Waals surface area contributed by atoms with Crippen molar-refractivity contribution >= 4 is 26.9 Å². The minimum atomic E-state index is -0.941. The molecule has 19 heavy (non-hydrogen) atoms. The molecule has 1 unspecified atom stereocenters. The van der Waals surface area contributed by atoms with Gasteiger partial charge in [-0.3, -0.25) is 0 Å². The Labute approximate surface area is 119 Å². The first-order valence-electron chi connectivity index (χ1n) is 6.26. The topological polar surface area (TPSA) is 25.2 Å². The molecule has 104 valence electrons. The lowest BCUT2D eigenvalue weighted by atomic mass is 10.0. The van der Waals surface area contributed by atoms with Gasteiger partial charge in [0.05, 0.1) is 6.04 Å². The van der Waals surface area contributed by atoms with E-state index in [2.05, 4.69) is 21.2 Å². The van der Waals surface area contributed by atoms with Crippen LogP contribution < -0.4 is 5.32 Å². The first-order valence-corrected chi connectivity index (χ1v) is 7.05. The first kappa shape index (κ1) is 14.5. The largest absolute Gasteiger partial charge is 0.456 e.